The first-order chi connectivity index (χ1) is 18.5. The van der Waals surface area contributed by atoms with E-state index in [1.807, 2.05) is 0 Å². The number of carbonyl (C=O) groups is 2. The summed E-state index contributed by atoms with van der Waals surface area (Å²) in [7, 11) is 0. The van der Waals surface area contributed by atoms with Crippen molar-refractivity contribution in [2.45, 2.75) is 61.9 Å². The zero-order chi connectivity index (χ0) is 27.9. The molecule has 39 heavy (non-hydrogen) atoms. The van der Waals surface area contributed by atoms with Crippen molar-refractivity contribution in [3.63, 3.8) is 0 Å². The molecule has 1 N–H and O–H groups in total. The smallest absolute Gasteiger partial charge is 0.285 e. The van der Waals surface area contributed by atoms with Crippen LogP contribution in [0.25, 0.3) is 0 Å². The van der Waals surface area contributed by atoms with Gasteiger partial charge >= 0.3 is 0 Å². The highest BCUT2D eigenvalue weighted by Crippen LogP contribution is 2.48. The molecular formula is C26H31F4NO8. The first-order valence-electron chi connectivity index (χ1n) is 13.0. The lowest BCUT2D eigenvalue weighted by Gasteiger charge is -2.42. The Morgan fingerprint density at radius 2 is 1.21 bits per heavy atom. The van der Waals surface area contributed by atoms with Crippen LogP contribution in [0, 0.1) is 11.8 Å². The van der Waals surface area contributed by atoms with Gasteiger partial charge in [0.05, 0.1) is 50.8 Å². The first kappa shape index (κ1) is 28.4. The molecule has 2 atom stereocenters. The Hall–Kier alpha value is -2.16. The van der Waals surface area contributed by atoms with E-state index < -0.39 is 53.5 Å². The normalized spacial score (nSPS) is 29.9. The molecule has 6 rings (SSSR count). The Morgan fingerprint density at radius 3 is 1.67 bits per heavy atom. The molecule has 2 spiro atoms. The lowest BCUT2D eigenvalue weighted by molar-refractivity contribution is -0.264. The molecule has 5 aliphatic rings. The van der Waals surface area contributed by atoms with Crippen molar-refractivity contribution in [2.24, 2.45) is 11.8 Å². The fraction of sp³-hybridized carbons (Fsp3) is 0.692. The number of hydrogen-bond acceptors (Lipinski definition) is 8. The van der Waals surface area contributed by atoms with Crippen LogP contribution in [0.2, 0.25) is 0 Å². The number of aliphatic hydroxyl groups excluding tert-OH is 1. The van der Waals surface area contributed by atoms with Crippen LogP contribution in [0.1, 0.15) is 59.2 Å². The fourth-order valence-electron chi connectivity index (χ4n) is 5.90. The topological polar surface area (TPSA) is 104 Å². The number of carbonyl (C=O) groups excluding carboxylic acids is 2. The SMILES string of the molecule is O=C1c2ccccc2C(=O)N1OCC1CC(F)(F)CCC12OCCO2.OCC1CC(F)(F)CCC12OCCO2. The van der Waals surface area contributed by atoms with Gasteiger partial charge in [-0.1, -0.05) is 12.1 Å². The van der Waals surface area contributed by atoms with E-state index in [0.717, 1.165) is 0 Å². The molecule has 0 bridgehead atoms. The average molecular weight is 562 g/mol. The van der Waals surface area contributed by atoms with Crippen LogP contribution >= 0.6 is 0 Å². The fourth-order valence-corrected chi connectivity index (χ4v) is 5.90. The quantitative estimate of drug-likeness (QED) is 0.440. The Labute approximate surface area is 222 Å². The van der Waals surface area contributed by atoms with Gasteiger partial charge in [0.25, 0.3) is 11.8 Å². The van der Waals surface area contributed by atoms with Crippen molar-refractivity contribution >= 4 is 11.8 Å². The highest BCUT2D eigenvalue weighted by atomic mass is 19.3. The Bertz CT molecular complexity index is 1040. The number of amides is 2. The van der Waals surface area contributed by atoms with Crippen LogP contribution in [-0.2, 0) is 23.8 Å². The lowest BCUT2D eigenvalue weighted by Crippen LogP contribution is -2.50. The number of halogens is 4. The molecule has 2 amide bonds. The lowest BCUT2D eigenvalue weighted by atomic mass is 9.81. The second-order valence-corrected chi connectivity index (χ2v) is 10.5. The molecule has 3 aliphatic heterocycles. The monoisotopic (exact) mass is 561 g/mol. The number of nitrogens with zero attached hydrogens (tertiary/aromatic N) is 1. The molecule has 13 heteroatoms. The molecule has 1 aromatic carbocycles. The van der Waals surface area contributed by atoms with Crippen LogP contribution in [-0.4, -0.2) is 85.0 Å². The standard InChI is InChI=1S/C17H17F2NO5.C9H14F2O3/c18-16(19)5-6-17(23-7-8-24-17)11(9-16)10-25-20-14(21)12-3-1-2-4-13(12)15(20)22;10-8(11)1-2-9(7(5-8)6-12)13-3-4-14-9/h1-4,11H,5-10H2;7,12H,1-6H2. The third-order valence-electron chi connectivity index (χ3n) is 7.95. The number of ether oxygens (including phenoxy) is 4. The molecule has 2 aliphatic carbocycles. The minimum absolute atomic E-state index is 0.0517. The first-order valence-corrected chi connectivity index (χ1v) is 13.0. The maximum absolute atomic E-state index is 13.8. The minimum Gasteiger partial charge on any atom is -0.396 e. The van der Waals surface area contributed by atoms with Crippen LogP contribution in [0.5, 0.6) is 0 Å². The maximum Gasteiger partial charge on any atom is 0.285 e. The van der Waals surface area contributed by atoms with E-state index in [1.165, 1.54) is 12.1 Å². The van der Waals surface area contributed by atoms with Gasteiger partial charge in [-0.2, -0.15) is 0 Å². The zero-order valence-electron chi connectivity index (χ0n) is 21.2. The van der Waals surface area contributed by atoms with E-state index in [2.05, 4.69) is 0 Å². The second kappa shape index (κ2) is 10.7. The van der Waals surface area contributed by atoms with Crippen molar-refractivity contribution < 1.29 is 56.0 Å². The number of alkyl halides is 4. The van der Waals surface area contributed by atoms with Crippen LogP contribution < -0.4 is 0 Å². The summed E-state index contributed by atoms with van der Waals surface area (Å²) in [6.07, 6.45) is -1.14. The average Bonchev–Trinajstić information content (AvgIpc) is 3.64. The van der Waals surface area contributed by atoms with Gasteiger partial charge in [-0.3, -0.25) is 14.4 Å². The van der Waals surface area contributed by atoms with Crippen molar-refractivity contribution in [2.75, 3.05) is 39.6 Å². The van der Waals surface area contributed by atoms with Gasteiger partial charge in [0.1, 0.15) is 0 Å². The summed E-state index contributed by atoms with van der Waals surface area (Å²) in [5.74, 6) is -10.2. The molecule has 0 aromatic heterocycles. The number of benzene rings is 1. The largest absolute Gasteiger partial charge is 0.396 e. The number of hydrogen-bond donors (Lipinski definition) is 1. The summed E-state index contributed by atoms with van der Waals surface area (Å²) < 4.78 is 75.7. The van der Waals surface area contributed by atoms with Crippen molar-refractivity contribution in [3.8, 4) is 0 Å². The summed E-state index contributed by atoms with van der Waals surface area (Å²) in [4.78, 5) is 29.9. The van der Waals surface area contributed by atoms with Gasteiger partial charge in [0, 0.05) is 50.4 Å². The summed E-state index contributed by atoms with van der Waals surface area (Å²) in [5.41, 5.74) is 0.481. The van der Waals surface area contributed by atoms with E-state index >= 15 is 0 Å². The zero-order valence-corrected chi connectivity index (χ0v) is 21.2. The van der Waals surface area contributed by atoms with Gasteiger partial charge in [0.15, 0.2) is 11.6 Å². The Morgan fingerprint density at radius 1 is 0.769 bits per heavy atom. The Balaban J connectivity index is 0.000000186. The third kappa shape index (κ3) is 5.57. The second-order valence-electron chi connectivity index (χ2n) is 10.5. The Kier molecular flexibility index (Phi) is 7.77. The molecule has 0 radical (unpaired) electrons. The number of imide groups is 1. The van der Waals surface area contributed by atoms with Crippen LogP contribution in [0.15, 0.2) is 24.3 Å². The predicted molar refractivity (Wildman–Crippen MR) is 124 cm³/mol. The molecule has 2 saturated carbocycles. The van der Waals surface area contributed by atoms with E-state index in [1.54, 1.807) is 12.1 Å². The summed E-state index contributed by atoms with van der Waals surface area (Å²) in [5, 5.41) is 9.69. The van der Waals surface area contributed by atoms with Crippen molar-refractivity contribution in [1.82, 2.24) is 5.06 Å². The van der Waals surface area contributed by atoms with Crippen molar-refractivity contribution in [1.29, 1.82) is 0 Å². The molecule has 9 nitrogen and oxygen atoms in total. The molecular weight excluding hydrogens is 530 g/mol. The molecule has 4 fully saturated rings. The molecule has 3 heterocycles. The number of fused-ring (bicyclic) bond motifs is 1. The van der Waals surface area contributed by atoms with Crippen LogP contribution in [0.4, 0.5) is 17.6 Å². The van der Waals surface area contributed by atoms with Gasteiger partial charge in [0.2, 0.25) is 11.8 Å². The van der Waals surface area contributed by atoms with Gasteiger partial charge in [-0.15, -0.1) is 5.06 Å². The van der Waals surface area contributed by atoms with Gasteiger partial charge < -0.3 is 24.1 Å². The molecule has 1 aromatic rings. The molecule has 216 valence electrons. The van der Waals surface area contributed by atoms with Crippen molar-refractivity contribution in [3.05, 3.63) is 35.4 Å². The van der Waals surface area contributed by atoms with E-state index in [9.17, 15) is 27.2 Å². The van der Waals surface area contributed by atoms with E-state index in [4.69, 9.17) is 28.9 Å². The van der Waals surface area contributed by atoms with Gasteiger partial charge in [-0.25, -0.2) is 17.6 Å². The predicted octanol–water partition coefficient (Wildman–Crippen LogP) is 3.55. The highest BCUT2D eigenvalue weighted by molar-refractivity contribution is 6.20. The number of aliphatic hydroxyl groups is 1. The molecule has 2 saturated heterocycles. The van der Waals surface area contributed by atoms with Crippen LogP contribution in [0.3, 0.4) is 0 Å². The van der Waals surface area contributed by atoms with E-state index in [-0.39, 0.29) is 56.4 Å². The van der Waals surface area contributed by atoms with Gasteiger partial charge in [-0.05, 0) is 12.1 Å². The maximum atomic E-state index is 13.8. The highest BCUT2D eigenvalue weighted by Gasteiger charge is 2.55. The summed E-state index contributed by atoms with van der Waals surface area (Å²) in [6, 6.07) is 6.34. The van der Waals surface area contributed by atoms with E-state index in [0.29, 0.717) is 31.5 Å². The number of rotatable bonds is 4. The third-order valence-corrected chi connectivity index (χ3v) is 7.95. The molecule has 2 unspecified atom stereocenters. The minimum atomic E-state index is -2.85. The number of hydroxylamine groups is 2. The summed E-state index contributed by atoms with van der Waals surface area (Å²) >= 11 is 0. The summed E-state index contributed by atoms with van der Waals surface area (Å²) in [6.45, 7) is 0.949.